The summed E-state index contributed by atoms with van der Waals surface area (Å²) >= 11 is 1.59. The lowest BCUT2D eigenvalue weighted by Gasteiger charge is -2.01. The highest BCUT2D eigenvalue weighted by molar-refractivity contribution is 7.99. The zero-order valence-corrected chi connectivity index (χ0v) is 4.16. The van der Waals surface area contributed by atoms with Gasteiger partial charge in [-0.05, 0) is 6.20 Å². The van der Waals surface area contributed by atoms with Gasteiger partial charge in [0.15, 0.2) is 0 Å². The molecule has 0 bridgehead atoms. The molecule has 34 valence electrons. The van der Waals surface area contributed by atoms with Crippen LogP contribution in [0.4, 0.5) is 0 Å². The van der Waals surface area contributed by atoms with Crippen LogP contribution in [0.3, 0.4) is 0 Å². The normalized spacial score (nSPS) is 34.7. The second kappa shape index (κ2) is 2.13. The molecule has 1 rings (SSSR count). The number of nitrogens with one attached hydrogen (secondary N) is 1. The predicted octanol–water partition coefficient (Wildman–Crippen LogP) is 0.794. The predicted molar refractivity (Wildman–Crippen MR) is 29.6 cm³/mol. The molecule has 1 heterocycles. The van der Waals surface area contributed by atoms with E-state index in [9.17, 15) is 0 Å². The third-order valence-electron chi connectivity index (χ3n) is 0.558. The highest BCUT2D eigenvalue weighted by Gasteiger charge is 1.84. The van der Waals surface area contributed by atoms with E-state index in [2.05, 4.69) is 5.32 Å². The van der Waals surface area contributed by atoms with Crippen LogP contribution < -0.4 is 5.32 Å². The molecule has 0 saturated heterocycles. The maximum Gasteiger partial charge on any atom is 0.0609 e. The molecule has 0 fully saturated rings. The average Bonchev–Trinajstić information content (AvgIpc) is 1.69. The van der Waals surface area contributed by atoms with Gasteiger partial charge in [0, 0.05) is 5.75 Å². The zero-order chi connectivity index (χ0) is 5.11. The van der Waals surface area contributed by atoms with E-state index in [1.165, 1.54) is 0 Å². The molecular weight excluding hydrogens is 94.1 g/mol. The van der Waals surface area contributed by atoms with Crippen LogP contribution >= 0.6 is 11.8 Å². The quantitative estimate of drug-likeness (QED) is 0.485. The fraction of sp³-hybridized carbons (Fsp3) is 0.500. The second-order valence-electron chi connectivity index (χ2n) is 1.02. The summed E-state index contributed by atoms with van der Waals surface area (Å²) in [5.74, 6) is 0.839. The Bertz CT molecular complexity index is 83.8. The van der Waals surface area contributed by atoms with Crippen LogP contribution in [0.1, 0.15) is 1.37 Å². The van der Waals surface area contributed by atoms with Crippen molar-refractivity contribution >= 4 is 11.8 Å². The Kier molecular flexibility index (Phi) is 1.05. The van der Waals surface area contributed by atoms with Gasteiger partial charge < -0.3 is 5.32 Å². The molecule has 0 aliphatic carbocycles. The highest BCUT2D eigenvalue weighted by Crippen LogP contribution is 1.99. The number of hydrogen-bond donors (Lipinski definition) is 1. The first-order valence-electron chi connectivity index (χ1n) is 2.42. The van der Waals surface area contributed by atoms with E-state index in [0.717, 1.165) is 5.75 Å². The van der Waals surface area contributed by atoms with Crippen LogP contribution in [0.15, 0.2) is 12.3 Å². The standard InChI is InChI=1S/C4H7NS/c1-2-5-4-6-3-1/h1-2,5H,3-4H2/i4D. The van der Waals surface area contributed by atoms with Crippen LogP contribution in [-0.4, -0.2) is 11.6 Å². The summed E-state index contributed by atoms with van der Waals surface area (Å²) in [5.41, 5.74) is 0. The molecule has 6 heavy (non-hydrogen) atoms. The lowest BCUT2D eigenvalue weighted by molar-refractivity contribution is 1.04. The van der Waals surface area contributed by atoms with Crippen molar-refractivity contribution in [3.05, 3.63) is 12.3 Å². The average molecular weight is 102 g/mol. The molecule has 1 atom stereocenters. The summed E-state index contributed by atoms with van der Waals surface area (Å²) in [6.07, 6.45) is 3.84. The molecule has 1 aliphatic heterocycles. The maximum absolute atomic E-state index is 7.07. The first-order valence-corrected chi connectivity index (χ1v) is 2.89. The molecule has 0 amide bonds. The Morgan fingerprint density at radius 2 is 3.00 bits per heavy atom. The Labute approximate surface area is 43.2 Å². The highest BCUT2D eigenvalue weighted by atomic mass is 32.2. The molecule has 1 unspecified atom stereocenters. The van der Waals surface area contributed by atoms with Crippen molar-refractivity contribution in [2.24, 2.45) is 0 Å². The summed E-state index contributed by atoms with van der Waals surface area (Å²) in [4.78, 5) is 0. The van der Waals surface area contributed by atoms with E-state index >= 15 is 0 Å². The molecule has 1 aliphatic rings. The second-order valence-corrected chi connectivity index (χ2v) is 1.92. The zero-order valence-electron chi connectivity index (χ0n) is 4.35. The fourth-order valence-corrected chi connectivity index (χ4v) is 0.786. The van der Waals surface area contributed by atoms with Crippen molar-refractivity contribution in [1.82, 2.24) is 5.32 Å². The van der Waals surface area contributed by atoms with Gasteiger partial charge in [-0.1, -0.05) is 6.08 Å². The minimum absolute atomic E-state index is 0.134. The molecule has 1 nitrogen and oxygen atoms in total. The van der Waals surface area contributed by atoms with E-state index in [-0.39, 0.29) is 5.85 Å². The van der Waals surface area contributed by atoms with E-state index in [1.807, 2.05) is 12.3 Å². The molecule has 1 N–H and O–H groups in total. The minimum atomic E-state index is -0.134. The van der Waals surface area contributed by atoms with Gasteiger partial charge in [-0.3, -0.25) is 0 Å². The van der Waals surface area contributed by atoms with Crippen molar-refractivity contribution in [1.29, 1.82) is 0 Å². The molecule has 0 saturated carbocycles. The smallest absolute Gasteiger partial charge is 0.0609 e. The third kappa shape index (κ3) is 0.937. The Balaban J connectivity index is 2.32. The first kappa shape index (κ1) is 2.97. The van der Waals surface area contributed by atoms with Gasteiger partial charge in [-0.15, -0.1) is 11.8 Å². The van der Waals surface area contributed by atoms with E-state index in [4.69, 9.17) is 1.37 Å². The van der Waals surface area contributed by atoms with Crippen molar-refractivity contribution in [2.45, 2.75) is 0 Å². The molecule has 0 aromatic rings. The van der Waals surface area contributed by atoms with Gasteiger partial charge in [-0.2, -0.15) is 0 Å². The Hall–Kier alpha value is -0.110. The van der Waals surface area contributed by atoms with E-state index in [0.29, 0.717) is 0 Å². The monoisotopic (exact) mass is 102 g/mol. The maximum atomic E-state index is 7.07. The molecule has 0 aromatic heterocycles. The van der Waals surface area contributed by atoms with Gasteiger partial charge >= 0.3 is 0 Å². The first-order chi connectivity index (χ1) is 3.39. The van der Waals surface area contributed by atoms with Gasteiger partial charge in [0.05, 0.1) is 7.22 Å². The summed E-state index contributed by atoms with van der Waals surface area (Å²) in [6.45, 7) is 0. The third-order valence-corrected chi connectivity index (χ3v) is 1.25. The van der Waals surface area contributed by atoms with Crippen molar-refractivity contribution < 1.29 is 1.37 Å². The topological polar surface area (TPSA) is 12.0 Å². The molecular formula is C4H7NS. The number of thioether (sulfide) groups is 1. The van der Waals surface area contributed by atoms with E-state index in [1.54, 1.807) is 11.8 Å². The summed E-state index contributed by atoms with van der Waals surface area (Å²) < 4.78 is 7.07. The Morgan fingerprint density at radius 3 is 3.33 bits per heavy atom. The van der Waals surface area contributed by atoms with Crippen LogP contribution in [-0.2, 0) is 0 Å². The lowest BCUT2D eigenvalue weighted by atomic mass is 10.7. The Morgan fingerprint density at radius 1 is 2.00 bits per heavy atom. The molecule has 0 radical (unpaired) electrons. The van der Waals surface area contributed by atoms with Crippen LogP contribution in [0.25, 0.3) is 0 Å². The number of rotatable bonds is 0. The lowest BCUT2D eigenvalue weighted by Crippen LogP contribution is -2.06. The van der Waals surface area contributed by atoms with Gasteiger partial charge in [0.2, 0.25) is 0 Å². The van der Waals surface area contributed by atoms with Crippen LogP contribution in [0, 0.1) is 0 Å². The van der Waals surface area contributed by atoms with Gasteiger partial charge in [-0.25, -0.2) is 0 Å². The van der Waals surface area contributed by atoms with E-state index < -0.39 is 0 Å². The molecule has 0 aromatic carbocycles. The number of hydrogen-bond acceptors (Lipinski definition) is 2. The molecule has 2 heteroatoms. The summed E-state index contributed by atoms with van der Waals surface area (Å²) in [7, 11) is 0. The summed E-state index contributed by atoms with van der Waals surface area (Å²) in [5, 5.41) is 2.83. The van der Waals surface area contributed by atoms with Crippen LogP contribution in [0.5, 0.6) is 0 Å². The van der Waals surface area contributed by atoms with Crippen molar-refractivity contribution in [2.75, 3.05) is 11.6 Å². The molecule has 0 spiro atoms. The van der Waals surface area contributed by atoms with Gasteiger partial charge in [0.1, 0.15) is 0 Å². The van der Waals surface area contributed by atoms with Crippen molar-refractivity contribution in [3.63, 3.8) is 0 Å². The van der Waals surface area contributed by atoms with Crippen molar-refractivity contribution in [3.8, 4) is 0 Å². The largest absolute Gasteiger partial charge is 0.382 e. The van der Waals surface area contributed by atoms with Crippen LogP contribution in [0.2, 0.25) is 0 Å². The summed E-state index contributed by atoms with van der Waals surface area (Å²) in [6, 6.07) is 0. The fourth-order valence-electron chi connectivity index (χ4n) is 0.307. The minimum Gasteiger partial charge on any atom is -0.382 e. The SMILES string of the molecule is [2H]C1NC=CCS1. The van der Waals surface area contributed by atoms with Gasteiger partial charge in [0.25, 0.3) is 0 Å².